The molecule has 3 aromatic carbocycles. The number of rotatable bonds is 11. The first-order valence-electron chi connectivity index (χ1n) is 11.5. The molecule has 3 heteroatoms. The van der Waals surface area contributed by atoms with Crippen molar-refractivity contribution in [2.45, 2.75) is 52.4 Å². The second-order valence-electron chi connectivity index (χ2n) is 8.29. The Labute approximate surface area is 187 Å². The van der Waals surface area contributed by atoms with Crippen molar-refractivity contribution >= 4 is 28.7 Å². The molecule has 0 unspecified atom stereocenters. The molecular formula is C28H35O2P. The molecule has 0 heterocycles. The Kier molecular flexibility index (Phi) is 8.04. The second kappa shape index (κ2) is 10.7. The van der Waals surface area contributed by atoms with Crippen LogP contribution in [-0.2, 0) is 9.32 Å². The van der Waals surface area contributed by atoms with Crippen LogP contribution in [0.25, 0.3) is 0 Å². The minimum absolute atomic E-state index is 0.222. The van der Waals surface area contributed by atoms with Crippen LogP contribution in [-0.4, -0.2) is 12.1 Å². The van der Waals surface area contributed by atoms with Crippen molar-refractivity contribution in [1.82, 2.24) is 0 Å². The fourth-order valence-electron chi connectivity index (χ4n) is 4.75. The number of carbonyl (C=O) groups is 1. The van der Waals surface area contributed by atoms with Gasteiger partial charge in [0.05, 0.1) is 0 Å². The van der Waals surface area contributed by atoms with E-state index in [1.807, 2.05) is 18.2 Å². The van der Waals surface area contributed by atoms with Crippen LogP contribution in [0.2, 0.25) is 0 Å². The van der Waals surface area contributed by atoms with Crippen molar-refractivity contribution in [3.05, 3.63) is 91.0 Å². The van der Waals surface area contributed by atoms with E-state index in [1.165, 1.54) is 25.7 Å². The van der Waals surface area contributed by atoms with E-state index in [-0.39, 0.29) is 5.97 Å². The molecule has 0 amide bonds. The summed E-state index contributed by atoms with van der Waals surface area (Å²) < 4.78 is 6.70. The minimum atomic E-state index is -3.47. The van der Waals surface area contributed by atoms with Gasteiger partial charge in [-0.05, 0) is 0 Å². The van der Waals surface area contributed by atoms with Crippen molar-refractivity contribution in [1.29, 1.82) is 0 Å². The van der Waals surface area contributed by atoms with Crippen LogP contribution >= 0.6 is 6.83 Å². The third kappa shape index (κ3) is 4.75. The van der Waals surface area contributed by atoms with Crippen LogP contribution in [0.15, 0.2) is 91.0 Å². The Balaban J connectivity index is 2.23. The van der Waals surface area contributed by atoms with E-state index >= 15 is 0 Å². The maximum atomic E-state index is 12.8. The summed E-state index contributed by atoms with van der Waals surface area (Å²) in [5.74, 6) is -0.222. The second-order valence-corrected chi connectivity index (χ2v) is 12.9. The van der Waals surface area contributed by atoms with E-state index in [0.717, 1.165) is 34.9 Å². The molecule has 0 saturated carbocycles. The first kappa shape index (κ1) is 23.2. The van der Waals surface area contributed by atoms with Gasteiger partial charge in [-0.2, -0.15) is 0 Å². The summed E-state index contributed by atoms with van der Waals surface area (Å²) in [4.78, 5) is 12.8. The molecule has 0 aliphatic heterocycles. The Morgan fingerprint density at radius 1 is 0.645 bits per heavy atom. The summed E-state index contributed by atoms with van der Waals surface area (Å²) in [6.45, 7) is 0.322. The van der Waals surface area contributed by atoms with Crippen molar-refractivity contribution in [3.8, 4) is 0 Å². The first-order chi connectivity index (χ1) is 15.1. The Morgan fingerprint density at radius 3 is 1.42 bits per heavy atom. The van der Waals surface area contributed by atoms with Crippen LogP contribution in [0.1, 0.15) is 52.4 Å². The quantitative estimate of drug-likeness (QED) is 0.259. The van der Waals surface area contributed by atoms with Gasteiger partial charge in [0, 0.05) is 0 Å². The zero-order chi connectivity index (χ0) is 22.0. The van der Waals surface area contributed by atoms with Crippen molar-refractivity contribution < 1.29 is 9.32 Å². The van der Waals surface area contributed by atoms with Gasteiger partial charge in [-0.3, -0.25) is 0 Å². The van der Waals surface area contributed by atoms with Crippen LogP contribution < -0.4 is 15.9 Å². The average Bonchev–Trinajstić information content (AvgIpc) is 2.82. The molecule has 0 atom stereocenters. The van der Waals surface area contributed by atoms with Gasteiger partial charge in [0.2, 0.25) is 0 Å². The molecule has 31 heavy (non-hydrogen) atoms. The van der Waals surface area contributed by atoms with Crippen molar-refractivity contribution in [3.63, 3.8) is 0 Å². The Bertz CT molecular complexity index is 839. The SMILES string of the molecule is CCCCCCCCP(OC(C)=O)(c1ccccc1)(c1ccccc1)c1ccccc1. The third-order valence-electron chi connectivity index (χ3n) is 6.18. The zero-order valence-electron chi connectivity index (χ0n) is 18.9. The molecule has 0 aromatic heterocycles. The van der Waals surface area contributed by atoms with Gasteiger partial charge in [0.1, 0.15) is 0 Å². The molecule has 0 spiro atoms. The van der Waals surface area contributed by atoms with Gasteiger partial charge >= 0.3 is 188 Å². The predicted octanol–water partition coefficient (Wildman–Crippen LogP) is 6.35. The monoisotopic (exact) mass is 434 g/mol. The fraction of sp³-hybridized carbons (Fsp3) is 0.321. The predicted molar refractivity (Wildman–Crippen MR) is 135 cm³/mol. The molecule has 3 rings (SSSR count). The van der Waals surface area contributed by atoms with Gasteiger partial charge < -0.3 is 0 Å². The van der Waals surface area contributed by atoms with Gasteiger partial charge in [0.25, 0.3) is 0 Å². The van der Waals surface area contributed by atoms with E-state index in [0.29, 0.717) is 0 Å². The molecule has 3 aromatic rings. The molecular weight excluding hydrogens is 399 g/mol. The summed E-state index contributed by atoms with van der Waals surface area (Å²) in [5.41, 5.74) is 0. The van der Waals surface area contributed by atoms with E-state index in [1.54, 1.807) is 6.92 Å². The topological polar surface area (TPSA) is 26.3 Å². The maximum absolute atomic E-state index is 12.8. The van der Waals surface area contributed by atoms with E-state index < -0.39 is 6.83 Å². The number of unbranched alkanes of at least 4 members (excludes halogenated alkanes) is 5. The van der Waals surface area contributed by atoms with Crippen molar-refractivity contribution in [2.75, 3.05) is 6.16 Å². The van der Waals surface area contributed by atoms with E-state index in [2.05, 4.69) is 79.7 Å². The molecule has 164 valence electrons. The van der Waals surface area contributed by atoms with Gasteiger partial charge in [-0.15, -0.1) is 0 Å². The van der Waals surface area contributed by atoms with Gasteiger partial charge in [-0.1, -0.05) is 0 Å². The van der Waals surface area contributed by atoms with Gasteiger partial charge in [0.15, 0.2) is 0 Å². The zero-order valence-corrected chi connectivity index (χ0v) is 19.8. The summed E-state index contributed by atoms with van der Waals surface area (Å²) in [6.07, 6.45) is 8.00. The van der Waals surface area contributed by atoms with Crippen LogP contribution in [0.3, 0.4) is 0 Å². The average molecular weight is 435 g/mol. The van der Waals surface area contributed by atoms with Gasteiger partial charge in [-0.25, -0.2) is 0 Å². The molecule has 0 aliphatic rings. The summed E-state index contributed by atoms with van der Waals surface area (Å²) in [6, 6.07) is 31.4. The van der Waals surface area contributed by atoms with Crippen LogP contribution in [0.5, 0.6) is 0 Å². The Hall–Kier alpha value is -2.44. The summed E-state index contributed by atoms with van der Waals surface area (Å²) in [5, 5.41) is 3.36. The number of carbonyl (C=O) groups excluding carboxylic acids is 1. The fourth-order valence-corrected chi connectivity index (χ4v) is 10.6. The van der Waals surface area contributed by atoms with Crippen LogP contribution in [0, 0.1) is 0 Å². The standard InChI is InChI=1S/C28H35O2P/c1-3-4-5-6-7-17-24-31(30-25(2)29,26-18-11-8-12-19-26,27-20-13-9-14-21-27)28-22-15-10-16-23-28/h8-16,18-23H,3-7,17,24H2,1-2H3. The molecule has 0 N–H and O–H groups in total. The molecule has 0 bridgehead atoms. The van der Waals surface area contributed by atoms with Crippen molar-refractivity contribution in [2.24, 2.45) is 0 Å². The third-order valence-corrected chi connectivity index (χ3v) is 12.2. The molecule has 0 saturated heterocycles. The molecule has 0 radical (unpaired) electrons. The summed E-state index contributed by atoms with van der Waals surface area (Å²) >= 11 is 0. The van der Waals surface area contributed by atoms with E-state index in [4.69, 9.17) is 4.52 Å². The van der Waals surface area contributed by atoms with Crippen LogP contribution in [0.4, 0.5) is 0 Å². The molecule has 0 fully saturated rings. The molecule has 0 aliphatic carbocycles. The first-order valence-corrected chi connectivity index (χ1v) is 13.9. The molecule has 2 nitrogen and oxygen atoms in total. The Morgan fingerprint density at radius 2 is 1.03 bits per heavy atom. The summed E-state index contributed by atoms with van der Waals surface area (Å²) in [7, 11) is 0. The number of hydrogen-bond acceptors (Lipinski definition) is 2. The number of benzene rings is 3. The van der Waals surface area contributed by atoms with E-state index in [9.17, 15) is 4.79 Å². The normalized spacial score (nSPS) is 12.6. The number of hydrogen-bond donors (Lipinski definition) is 0.